The molecular weight excluding hydrogens is 618 g/mol. The molecule has 5 aromatic carbocycles. The van der Waals surface area contributed by atoms with E-state index in [4.69, 9.17) is 18.9 Å². The second-order valence-electron chi connectivity index (χ2n) is 11.9. The Morgan fingerprint density at radius 3 is 1.65 bits per heavy atom. The topological polar surface area (TPSA) is 94.5 Å². The van der Waals surface area contributed by atoms with E-state index >= 15 is 0 Å². The van der Waals surface area contributed by atoms with Crippen molar-refractivity contribution in [1.29, 1.82) is 0 Å². The van der Waals surface area contributed by atoms with Gasteiger partial charge in [-0.2, -0.15) is 0 Å². The second-order valence-corrected chi connectivity index (χ2v) is 11.9. The van der Waals surface area contributed by atoms with E-state index in [0.29, 0.717) is 16.9 Å². The first kappa shape index (κ1) is 33.9. The van der Waals surface area contributed by atoms with E-state index in [1.54, 1.807) is 53.4 Å². The molecule has 0 aromatic heterocycles. The van der Waals surface area contributed by atoms with Crippen LogP contribution in [0.4, 0.5) is 0 Å². The van der Waals surface area contributed by atoms with Crippen molar-refractivity contribution in [1.82, 2.24) is 4.90 Å². The van der Waals surface area contributed by atoms with Crippen LogP contribution in [0.1, 0.15) is 39.0 Å². The van der Waals surface area contributed by atoms with Gasteiger partial charge in [-0.1, -0.05) is 121 Å². The number of ketones is 1. The standard InChI is InChI=1S/C41H39NO7/c1-46-40(47-2)28-37(44)38(36(43)27-30-23-25-35(26-24-30)49-39(45)31-15-7-3-8-16-31)42(40)29-48-41(32-17-9-4-10-18-32,33-19-11-5-12-20-33)34-21-13-6-14-22-34/h3-26,37-38,44H,27-29H2,1-2H3. The van der Waals surface area contributed by atoms with Gasteiger partial charge in [-0.3, -0.25) is 4.79 Å². The molecule has 49 heavy (non-hydrogen) atoms. The molecule has 0 radical (unpaired) electrons. The van der Waals surface area contributed by atoms with E-state index < -0.39 is 29.6 Å². The van der Waals surface area contributed by atoms with Crippen LogP contribution in [0.15, 0.2) is 146 Å². The van der Waals surface area contributed by atoms with Crippen LogP contribution in [-0.2, 0) is 31.0 Å². The van der Waals surface area contributed by atoms with Crippen LogP contribution in [0.2, 0.25) is 0 Å². The van der Waals surface area contributed by atoms with Gasteiger partial charge >= 0.3 is 5.97 Å². The Morgan fingerprint density at radius 2 is 1.18 bits per heavy atom. The smallest absolute Gasteiger partial charge is 0.343 e. The first-order valence-corrected chi connectivity index (χ1v) is 16.1. The van der Waals surface area contributed by atoms with Crippen LogP contribution >= 0.6 is 0 Å². The number of Topliss-reactive ketones (excluding diaryl/α,β-unsaturated/α-hetero) is 1. The van der Waals surface area contributed by atoms with Crippen molar-refractivity contribution in [3.63, 3.8) is 0 Å². The SMILES string of the molecule is COC1(OC)CC(O)C(C(=O)Cc2ccc(OC(=O)c3ccccc3)cc2)N1COC(c1ccccc1)(c1ccccc1)c1ccccc1. The zero-order valence-corrected chi connectivity index (χ0v) is 27.5. The molecule has 0 saturated carbocycles. The Hall–Kier alpha value is -4.96. The lowest BCUT2D eigenvalue weighted by Crippen LogP contribution is -2.55. The minimum atomic E-state index is -1.43. The number of rotatable bonds is 13. The summed E-state index contributed by atoms with van der Waals surface area (Å²) in [7, 11) is 2.98. The number of ether oxygens (including phenoxy) is 4. The summed E-state index contributed by atoms with van der Waals surface area (Å²) >= 11 is 0. The summed E-state index contributed by atoms with van der Waals surface area (Å²) in [5.74, 6) is -1.78. The number of carbonyl (C=O) groups is 2. The Kier molecular flexibility index (Phi) is 10.4. The third-order valence-electron chi connectivity index (χ3n) is 9.06. The predicted molar refractivity (Wildman–Crippen MR) is 185 cm³/mol. The van der Waals surface area contributed by atoms with E-state index in [1.165, 1.54) is 14.2 Å². The number of esters is 1. The summed E-state index contributed by atoms with van der Waals surface area (Å²) in [5, 5.41) is 11.4. The number of carbonyl (C=O) groups excluding carboxylic acids is 2. The van der Waals surface area contributed by atoms with E-state index in [-0.39, 0.29) is 25.4 Å². The summed E-state index contributed by atoms with van der Waals surface area (Å²) in [6.07, 6.45) is -1.05. The highest BCUT2D eigenvalue weighted by Gasteiger charge is 2.56. The molecular formula is C41H39NO7. The number of methoxy groups -OCH3 is 2. The average Bonchev–Trinajstić information content (AvgIpc) is 3.45. The Balaban J connectivity index is 1.29. The number of aliphatic hydroxyl groups is 1. The minimum absolute atomic E-state index is 0.00977. The monoisotopic (exact) mass is 657 g/mol. The van der Waals surface area contributed by atoms with Crippen molar-refractivity contribution in [3.8, 4) is 5.75 Å². The predicted octanol–water partition coefficient (Wildman–Crippen LogP) is 6.37. The molecule has 1 aliphatic rings. The lowest BCUT2D eigenvalue weighted by Gasteiger charge is -2.42. The van der Waals surface area contributed by atoms with Gasteiger partial charge in [0.15, 0.2) is 5.78 Å². The number of nitrogens with zero attached hydrogens (tertiary/aromatic N) is 1. The molecule has 8 nitrogen and oxygen atoms in total. The van der Waals surface area contributed by atoms with Gasteiger partial charge in [-0.05, 0) is 46.5 Å². The summed E-state index contributed by atoms with van der Waals surface area (Å²) in [5.41, 5.74) is 2.73. The largest absolute Gasteiger partial charge is 0.423 e. The van der Waals surface area contributed by atoms with Gasteiger partial charge in [0.25, 0.3) is 0 Å². The zero-order valence-electron chi connectivity index (χ0n) is 27.5. The third-order valence-corrected chi connectivity index (χ3v) is 9.06. The Labute approximate surface area is 286 Å². The first-order valence-electron chi connectivity index (χ1n) is 16.1. The summed E-state index contributed by atoms with van der Waals surface area (Å²) in [6, 6.07) is 44.2. The van der Waals surface area contributed by atoms with Crippen LogP contribution in [-0.4, -0.2) is 60.8 Å². The molecule has 2 unspecified atom stereocenters. The fourth-order valence-electron chi connectivity index (χ4n) is 6.62. The van der Waals surface area contributed by atoms with Gasteiger partial charge in [-0.15, -0.1) is 0 Å². The zero-order chi connectivity index (χ0) is 34.3. The van der Waals surface area contributed by atoms with Crippen LogP contribution in [0.25, 0.3) is 0 Å². The van der Waals surface area contributed by atoms with Crippen molar-refractivity contribution in [2.75, 3.05) is 21.0 Å². The molecule has 6 rings (SSSR count). The molecule has 2 atom stereocenters. The van der Waals surface area contributed by atoms with Crippen molar-refractivity contribution >= 4 is 11.8 Å². The highest BCUT2D eigenvalue weighted by atomic mass is 16.7. The van der Waals surface area contributed by atoms with E-state index in [0.717, 1.165) is 16.7 Å². The average molecular weight is 658 g/mol. The summed E-state index contributed by atoms with van der Waals surface area (Å²) < 4.78 is 24.3. The molecule has 0 aliphatic carbocycles. The molecule has 1 aliphatic heterocycles. The summed E-state index contributed by atoms with van der Waals surface area (Å²) in [4.78, 5) is 28.2. The number of hydrogen-bond acceptors (Lipinski definition) is 8. The number of benzene rings is 5. The van der Waals surface area contributed by atoms with Crippen LogP contribution in [0.3, 0.4) is 0 Å². The van der Waals surface area contributed by atoms with Crippen LogP contribution in [0.5, 0.6) is 5.75 Å². The molecule has 0 amide bonds. The molecule has 5 aromatic rings. The molecule has 1 N–H and O–H groups in total. The van der Waals surface area contributed by atoms with Gasteiger partial charge in [-0.25, -0.2) is 9.69 Å². The van der Waals surface area contributed by atoms with Crippen molar-refractivity contribution in [2.24, 2.45) is 0 Å². The van der Waals surface area contributed by atoms with Gasteiger partial charge in [0, 0.05) is 27.1 Å². The summed E-state index contributed by atoms with van der Waals surface area (Å²) in [6.45, 7) is -0.123. The molecule has 250 valence electrons. The van der Waals surface area contributed by atoms with Crippen LogP contribution < -0.4 is 4.74 Å². The van der Waals surface area contributed by atoms with Gasteiger partial charge in [0.1, 0.15) is 24.1 Å². The van der Waals surface area contributed by atoms with Crippen LogP contribution in [0, 0.1) is 0 Å². The highest BCUT2D eigenvalue weighted by Crippen LogP contribution is 2.43. The van der Waals surface area contributed by atoms with Gasteiger partial charge < -0.3 is 24.1 Å². The molecule has 1 saturated heterocycles. The lowest BCUT2D eigenvalue weighted by molar-refractivity contribution is -0.303. The van der Waals surface area contributed by atoms with Crippen molar-refractivity contribution < 1.29 is 33.6 Å². The molecule has 1 fully saturated rings. The highest BCUT2D eigenvalue weighted by molar-refractivity contribution is 5.91. The van der Waals surface area contributed by atoms with E-state index in [9.17, 15) is 14.7 Å². The maximum atomic E-state index is 14.1. The van der Waals surface area contributed by atoms with Gasteiger partial charge in [0.05, 0.1) is 11.7 Å². The number of hydrogen-bond donors (Lipinski definition) is 1. The lowest BCUT2D eigenvalue weighted by atomic mass is 9.80. The molecule has 0 spiro atoms. The Bertz CT molecular complexity index is 1720. The fraction of sp³-hybridized carbons (Fsp3) is 0.220. The normalized spacial score (nSPS) is 17.4. The first-order chi connectivity index (χ1) is 23.9. The quantitative estimate of drug-likeness (QED) is 0.0677. The third kappa shape index (κ3) is 6.96. The second kappa shape index (κ2) is 15.1. The molecule has 8 heteroatoms. The van der Waals surface area contributed by atoms with Gasteiger partial charge in [0.2, 0.25) is 5.91 Å². The van der Waals surface area contributed by atoms with E-state index in [1.807, 2.05) is 97.1 Å². The minimum Gasteiger partial charge on any atom is -0.423 e. The Morgan fingerprint density at radius 1 is 0.714 bits per heavy atom. The maximum Gasteiger partial charge on any atom is 0.343 e. The molecule has 0 bridgehead atoms. The van der Waals surface area contributed by atoms with Crippen molar-refractivity contribution in [2.45, 2.75) is 36.5 Å². The van der Waals surface area contributed by atoms with E-state index in [2.05, 4.69) is 0 Å². The maximum absolute atomic E-state index is 14.1. The number of likely N-dealkylation sites (tertiary alicyclic amines) is 1. The van der Waals surface area contributed by atoms with Crippen molar-refractivity contribution in [3.05, 3.63) is 173 Å². The molecule has 1 heterocycles. The fourth-order valence-corrected chi connectivity index (χ4v) is 6.62. The number of aliphatic hydroxyl groups excluding tert-OH is 1.